The summed E-state index contributed by atoms with van der Waals surface area (Å²) in [6.07, 6.45) is 2.53. The average Bonchev–Trinajstić information content (AvgIpc) is 3.08. The molecule has 1 amide bonds. The SMILES string of the molecule is COc1ccc(-c2nccc(-c3cc4c([nH]3)CCNC4=O)n2)cc1. The van der Waals surface area contributed by atoms with E-state index >= 15 is 0 Å². The Morgan fingerprint density at radius 2 is 2.00 bits per heavy atom. The van der Waals surface area contributed by atoms with Crippen LogP contribution < -0.4 is 10.1 Å². The zero-order valence-electron chi connectivity index (χ0n) is 13.2. The van der Waals surface area contributed by atoms with Gasteiger partial charge in [-0.05, 0) is 36.4 Å². The van der Waals surface area contributed by atoms with Gasteiger partial charge in [0.15, 0.2) is 5.82 Å². The van der Waals surface area contributed by atoms with Gasteiger partial charge in [0.1, 0.15) is 5.75 Å². The zero-order valence-corrected chi connectivity index (χ0v) is 13.2. The third-order valence-corrected chi connectivity index (χ3v) is 4.08. The van der Waals surface area contributed by atoms with Crippen LogP contribution in [-0.2, 0) is 6.42 Å². The van der Waals surface area contributed by atoms with E-state index in [2.05, 4.69) is 20.3 Å². The number of aromatic nitrogens is 3. The highest BCUT2D eigenvalue weighted by atomic mass is 16.5. The maximum absolute atomic E-state index is 11.9. The summed E-state index contributed by atoms with van der Waals surface area (Å²) in [5, 5.41) is 2.85. The Kier molecular flexibility index (Phi) is 3.49. The molecule has 6 heteroatoms. The highest BCUT2D eigenvalue weighted by Crippen LogP contribution is 2.25. The van der Waals surface area contributed by atoms with Crippen LogP contribution in [-0.4, -0.2) is 34.5 Å². The monoisotopic (exact) mass is 320 g/mol. The van der Waals surface area contributed by atoms with Gasteiger partial charge in [-0.2, -0.15) is 0 Å². The minimum absolute atomic E-state index is 0.0387. The Labute approximate surface area is 138 Å². The molecule has 1 aromatic carbocycles. The number of aromatic amines is 1. The Morgan fingerprint density at radius 3 is 2.75 bits per heavy atom. The molecule has 0 unspecified atom stereocenters. The van der Waals surface area contributed by atoms with Crippen molar-refractivity contribution in [1.82, 2.24) is 20.3 Å². The highest BCUT2D eigenvalue weighted by molar-refractivity contribution is 5.97. The highest BCUT2D eigenvalue weighted by Gasteiger charge is 2.20. The molecule has 0 atom stereocenters. The number of nitrogens with zero attached hydrogens (tertiary/aromatic N) is 2. The van der Waals surface area contributed by atoms with Crippen LogP contribution in [0.2, 0.25) is 0 Å². The molecule has 3 heterocycles. The van der Waals surface area contributed by atoms with Gasteiger partial charge >= 0.3 is 0 Å². The second kappa shape index (κ2) is 5.81. The number of H-pyrrole nitrogens is 1. The smallest absolute Gasteiger partial charge is 0.253 e. The van der Waals surface area contributed by atoms with E-state index in [-0.39, 0.29) is 5.91 Å². The molecule has 1 aliphatic rings. The number of rotatable bonds is 3. The fourth-order valence-electron chi connectivity index (χ4n) is 2.82. The van der Waals surface area contributed by atoms with E-state index in [9.17, 15) is 4.79 Å². The predicted molar refractivity (Wildman–Crippen MR) is 89.8 cm³/mol. The molecule has 1 aliphatic heterocycles. The van der Waals surface area contributed by atoms with E-state index in [0.717, 1.165) is 34.8 Å². The minimum Gasteiger partial charge on any atom is -0.497 e. The molecule has 120 valence electrons. The van der Waals surface area contributed by atoms with Crippen LogP contribution in [0.3, 0.4) is 0 Å². The van der Waals surface area contributed by atoms with Gasteiger partial charge < -0.3 is 15.0 Å². The van der Waals surface area contributed by atoms with Crippen LogP contribution >= 0.6 is 0 Å². The first kappa shape index (κ1) is 14.4. The summed E-state index contributed by atoms with van der Waals surface area (Å²) in [5.41, 5.74) is 4.15. The fourth-order valence-corrected chi connectivity index (χ4v) is 2.82. The van der Waals surface area contributed by atoms with Crippen molar-refractivity contribution in [2.45, 2.75) is 6.42 Å². The molecule has 0 fully saturated rings. The molecule has 2 aromatic heterocycles. The molecular formula is C18H16N4O2. The van der Waals surface area contributed by atoms with Crippen LogP contribution in [0.5, 0.6) is 5.75 Å². The second-order valence-corrected chi connectivity index (χ2v) is 5.58. The van der Waals surface area contributed by atoms with E-state index in [1.165, 1.54) is 0 Å². The number of ether oxygens (including phenoxy) is 1. The van der Waals surface area contributed by atoms with Crippen molar-refractivity contribution in [3.8, 4) is 28.5 Å². The molecule has 3 aromatic rings. The van der Waals surface area contributed by atoms with Crippen LogP contribution in [0.1, 0.15) is 16.1 Å². The van der Waals surface area contributed by atoms with Crippen LogP contribution in [0, 0.1) is 0 Å². The number of fused-ring (bicyclic) bond motifs is 1. The molecule has 0 saturated heterocycles. The molecule has 4 rings (SSSR count). The van der Waals surface area contributed by atoms with Gasteiger partial charge in [0.25, 0.3) is 5.91 Å². The summed E-state index contributed by atoms with van der Waals surface area (Å²) in [7, 11) is 1.63. The molecule has 0 radical (unpaired) electrons. The van der Waals surface area contributed by atoms with Crippen molar-refractivity contribution >= 4 is 5.91 Å². The summed E-state index contributed by atoms with van der Waals surface area (Å²) in [6.45, 7) is 0.659. The summed E-state index contributed by atoms with van der Waals surface area (Å²) in [4.78, 5) is 24.2. The Balaban J connectivity index is 1.71. The number of amides is 1. The maximum Gasteiger partial charge on any atom is 0.253 e. The number of benzene rings is 1. The Morgan fingerprint density at radius 1 is 1.17 bits per heavy atom. The number of methoxy groups -OCH3 is 1. The Bertz CT molecular complexity index is 900. The maximum atomic E-state index is 11.9. The van der Waals surface area contributed by atoms with Crippen molar-refractivity contribution in [2.75, 3.05) is 13.7 Å². The molecule has 0 bridgehead atoms. The van der Waals surface area contributed by atoms with E-state index < -0.39 is 0 Å². The Hall–Kier alpha value is -3.15. The topological polar surface area (TPSA) is 79.9 Å². The molecule has 0 saturated carbocycles. The van der Waals surface area contributed by atoms with E-state index in [1.807, 2.05) is 36.4 Å². The molecular weight excluding hydrogens is 304 g/mol. The number of nitrogens with one attached hydrogen (secondary N) is 2. The first-order chi connectivity index (χ1) is 11.7. The number of hydrogen-bond donors (Lipinski definition) is 2. The van der Waals surface area contributed by atoms with Crippen molar-refractivity contribution in [2.24, 2.45) is 0 Å². The van der Waals surface area contributed by atoms with Crippen molar-refractivity contribution < 1.29 is 9.53 Å². The summed E-state index contributed by atoms with van der Waals surface area (Å²) < 4.78 is 5.17. The quantitative estimate of drug-likeness (QED) is 0.777. The lowest BCUT2D eigenvalue weighted by atomic mass is 10.1. The average molecular weight is 320 g/mol. The van der Waals surface area contributed by atoms with Crippen LogP contribution in [0.25, 0.3) is 22.8 Å². The van der Waals surface area contributed by atoms with Gasteiger partial charge in [-0.3, -0.25) is 4.79 Å². The van der Waals surface area contributed by atoms with E-state index in [4.69, 9.17) is 4.74 Å². The molecule has 6 nitrogen and oxygen atoms in total. The van der Waals surface area contributed by atoms with Gasteiger partial charge in [-0.25, -0.2) is 9.97 Å². The summed E-state index contributed by atoms with van der Waals surface area (Å²) in [6, 6.07) is 11.3. The van der Waals surface area contributed by atoms with Gasteiger partial charge in [-0.15, -0.1) is 0 Å². The van der Waals surface area contributed by atoms with Crippen molar-refractivity contribution in [3.05, 3.63) is 53.9 Å². The lowest BCUT2D eigenvalue weighted by molar-refractivity contribution is 0.0946. The van der Waals surface area contributed by atoms with E-state index in [1.54, 1.807) is 13.3 Å². The molecule has 24 heavy (non-hydrogen) atoms. The molecule has 2 N–H and O–H groups in total. The first-order valence-corrected chi connectivity index (χ1v) is 7.72. The largest absolute Gasteiger partial charge is 0.497 e. The lowest BCUT2D eigenvalue weighted by Crippen LogP contribution is -2.31. The number of carbonyl (C=O) groups is 1. The number of hydrogen-bond acceptors (Lipinski definition) is 4. The van der Waals surface area contributed by atoms with E-state index in [0.29, 0.717) is 17.9 Å². The van der Waals surface area contributed by atoms with Gasteiger partial charge in [-0.1, -0.05) is 0 Å². The third kappa shape index (κ3) is 2.52. The predicted octanol–water partition coefficient (Wildman–Crippen LogP) is 2.43. The standard InChI is InChI=1S/C18H16N4O2/c1-24-12-4-2-11(3-5-12)17-19-8-7-15(22-17)16-10-13-14(21-16)6-9-20-18(13)23/h2-5,7-8,10,21H,6,9H2,1H3,(H,20,23). The number of carbonyl (C=O) groups excluding carboxylic acids is 1. The normalized spacial score (nSPS) is 13.3. The second-order valence-electron chi connectivity index (χ2n) is 5.58. The van der Waals surface area contributed by atoms with Crippen LogP contribution in [0.4, 0.5) is 0 Å². The molecule has 0 spiro atoms. The van der Waals surface area contributed by atoms with Gasteiger partial charge in [0.05, 0.1) is 24.1 Å². The summed E-state index contributed by atoms with van der Waals surface area (Å²) >= 11 is 0. The van der Waals surface area contributed by atoms with Crippen molar-refractivity contribution in [1.29, 1.82) is 0 Å². The first-order valence-electron chi connectivity index (χ1n) is 7.72. The van der Waals surface area contributed by atoms with Gasteiger partial charge in [0.2, 0.25) is 0 Å². The fraction of sp³-hybridized carbons (Fsp3) is 0.167. The third-order valence-electron chi connectivity index (χ3n) is 4.08. The molecule has 0 aliphatic carbocycles. The minimum atomic E-state index is -0.0387. The van der Waals surface area contributed by atoms with Gasteiger partial charge in [0, 0.05) is 30.4 Å². The summed E-state index contributed by atoms with van der Waals surface area (Å²) in [5.74, 6) is 1.38. The van der Waals surface area contributed by atoms with Crippen LogP contribution in [0.15, 0.2) is 42.6 Å². The zero-order chi connectivity index (χ0) is 16.5. The lowest BCUT2D eigenvalue weighted by Gasteiger charge is -2.10. The van der Waals surface area contributed by atoms with Crippen molar-refractivity contribution in [3.63, 3.8) is 0 Å².